The van der Waals surface area contributed by atoms with Crippen LogP contribution in [0.25, 0.3) is 10.6 Å². The number of thioether (sulfide) groups is 1. The number of anilines is 2. The number of nitrogens with one attached hydrogen (secondary N) is 1. The van der Waals surface area contributed by atoms with Gasteiger partial charge in [-0.1, -0.05) is 0 Å². The van der Waals surface area contributed by atoms with Crippen LogP contribution in [0, 0.1) is 0 Å². The van der Waals surface area contributed by atoms with E-state index in [-0.39, 0.29) is 35.2 Å². The monoisotopic (exact) mass is 596 g/mol. The molecule has 0 radical (unpaired) electrons. The van der Waals surface area contributed by atoms with Gasteiger partial charge in [0.25, 0.3) is 0 Å². The molecule has 0 saturated carbocycles. The lowest BCUT2D eigenvalue weighted by molar-refractivity contribution is -0.186. The molecule has 0 bridgehead atoms. The van der Waals surface area contributed by atoms with Gasteiger partial charge < -0.3 is 10.2 Å². The topological polar surface area (TPSA) is 92.3 Å². The van der Waals surface area contributed by atoms with Crippen molar-refractivity contribution in [2.75, 3.05) is 24.4 Å². The molecule has 1 N–H and O–H groups in total. The number of carbonyl (C=O) groups excluding carboxylic acids is 1. The van der Waals surface area contributed by atoms with Crippen LogP contribution in [0.15, 0.2) is 39.6 Å². The maximum absolute atomic E-state index is 13.7. The average molecular weight is 597 g/mol. The van der Waals surface area contributed by atoms with E-state index in [2.05, 4.69) is 15.3 Å². The minimum Gasteiger partial charge on any atom is -0.330 e. The van der Waals surface area contributed by atoms with Crippen LogP contribution in [-0.4, -0.2) is 54.4 Å². The lowest BCUT2D eigenvalue weighted by Crippen LogP contribution is -2.43. The predicted octanol–water partition coefficient (Wildman–Crippen LogP) is 5.54. The molecule has 1 aromatic carbocycles. The number of amides is 1. The molecule has 0 unspecified atom stereocenters. The van der Waals surface area contributed by atoms with Crippen LogP contribution < -0.4 is 5.32 Å². The number of rotatable bonds is 5. The quantitative estimate of drug-likeness (QED) is 0.306. The summed E-state index contributed by atoms with van der Waals surface area (Å²) in [6.07, 6.45) is -6.41. The highest BCUT2D eigenvalue weighted by molar-refractivity contribution is 7.98. The van der Waals surface area contributed by atoms with Crippen molar-refractivity contribution < 1.29 is 39.6 Å². The molecule has 3 aromatic rings. The summed E-state index contributed by atoms with van der Waals surface area (Å²) in [5, 5.41) is 4.10. The van der Waals surface area contributed by atoms with Gasteiger partial charge >= 0.3 is 18.3 Å². The summed E-state index contributed by atoms with van der Waals surface area (Å²) in [5.41, 5.74) is -0.0419. The standard InChI is InChI=1S/C22H18F6N4O3S3/c1-36-16-6-12-9-32(19(33)22(26,27)28)4-3-11(12)5-15(16)30-20-29-8-14(21(23,24)25)18(31-20)17-7-13(10-37-17)38(2,34)35/h5-8,10H,3-4,9H2,1-2H3,(H,29,30,31). The zero-order valence-corrected chi connectivity index (χ0v) is 22.0. The maximum Gasteiger partial charge on any atom is 0.471 e. The number of hydrogen-bond donors (Lipinski definition) is 1. The fraction of sp³-hybridized carbons (Fsp3) is 0.318. The molecule has 2 aromatic heterocycles. The van der Waals surface area contributed by atoms with E-state index in [9.17, 15) is 39.6 Å². The molecule has 3 heterocycles. The normalized spacial score (nSPS) is 14.4. The smallest absolute Gasteiger partial charge is 0.330 e. The Labute approximate surface area is 221 Å². The van der Waals surface area contributed by atoms with Crippen molar-refractivity contribution in [2.45, 2.75) is 35.1 Å². The summed E-state index contributed by atoms with van der Waals surface area (Å²) >= 11 is 2.02. The van der Waals surface area contributed by atoms with Gasteiger partial charge in [0, 0.05) is 35.8 Å². The molecule has 0 spiro atoms. The van der Waals surface area contributed by atoms with E-state index < -0.39 is 39.4 Å². The molecular weight excluding hydrogens is 578 g/mol. The van der Waals surface area contributed by atoms with Crippen LogP contribution >= 0.6 is 23.1 Å². The van der Waals surface area contributed by atoms with Crippen molar-refractivity contribution in [1.82, 2.24) is 14.9 Å². The van der Waals surface area contributed by atoms with Crippen LogP contribution in [0.4, 0.5) is 38.0 Å². The summed E-state index contributed by atoms with van der Waals surface area (Å²) in [7, 11) is -3.65. The summed E-state index contributed by atoms with van der Waals surface area (Å²) < 4.78 is 103. The number of aromatic nitrogens is 2. The SMILES string of the molecule is CSc1cc2c(cc1Nc1ncc(C(F)(F)F)c(-c3cc(S(C)(=O)=O)cs3)n1)CCN(C(=O)C(F)(F)F)C2. The van der Waals surface area contributed by atoms with Gasteiger partial charge in [-0.2, -0.15) is 26.3 Å². The van der Waals surface area contributed by atoms with Crippen molar-refractivity contribution in [3.05, 3.63) is 46.5 Å². The van der Waals surface area contributed by atoms with Gasteiger partial charge in [0.1, 0.15) is 5.56 Å². The Morgan fingerprint density at radius 1 is 1.13 bits per heavy atom. The van der Waals surface area contributed by atoms with E-state index in [1.54, 1.807) is 18.4 Å². The lowest BCUT2D eigenvalue weighted by atomic mass is 9.98. The van der Waals surface area contributed by atoms with Gasteiger partial charge in [-0.15, -0.1) is 23.1 Å². The minimum absolute atomic E-state index is 0.0202. The number of benzene rings is 1. The molecule has 38 heavy (non-hydrogen) atoms. The highest BCUT2D eigenvalue weighted by Crippen LogP contribution is 2.40. The van der Waals surface area contributed by atoms with Crippen LogP contribution in [0.1, 0.15) is 16.7 Å². The molecule has 1 amide bonds. The number of hydrogen-bond acceptors (Lipinski definition) is 8. The highest BCUT2D eigenvalue weighted by atomic mass is 32.2. The summed E-state index contributed by atoms with van der Waals surface area (Å²) in [5.74, 6) is -2.11. The number of halogens is 6. The van der Waals surface area contributed by atoms with E-state index in [4.69, 9.17) is 0 Å². The molecule has 1 aliphatic heterocycles. The molecule has 4 rings (SSSR count). The molecule has 0 atom stereocenters. The number of carbonyl (C=O) groups is 1. The van der Waals surface area contributed by atoms with Crippen LogP contribution in [0.5, 0.6) is 0 Å². The van der Waals surface area contributed by atoms with Crippen molar-refractivity contribution >= 4 is 50.5 Å². The molecule has 7 nitrogen and oxygen atoms in total. The van der Waals surface area contributed by atoms with E-state index in [1.165, 1.54) is 17.1 Å². The highest BCUT2D eigenvalue weighted by Gasteiger charge is 2.43. The number of thiophene rings is 1. The van der Waals surface area contributed by atoms with E-state index >= 15 is 0 Å². The van der Waals surface area contributed by atoms with Gasteiger partial charge in [0.05, 0.1) is 21.2 Å². The fourth-order valence-electron chi connectivity index (χ4n) is 3.80. The van der Waals surface area contributed by atoms with E-state index in [0.717, 1.165) is 28.6 Å². The van der Waals surface area contributed by atoms with Gasteiger partial charge in [0.2, 0.25) is 5.95 Å². The zero-order chi connectivity index (χ0) is 28.0. The number of sulfone groups is 1. The lowest BCUT2D eigenvalue weighted by Gasteiger charge is -2.30. The molecule has 204 valence electrons. The Bertz CT molecular complexity index is 1500. The molecule has 0 saturated heterocycles. The molecule has 0 aliphatic carbocycles. The first kappa shape index (κ1) is 28.2. The molecule has 16 heteroatoms. The van der Waals surface area contributed by atoms with Gasteiger partial charge in [-0.3, -0.25) is 4.79 Å². The Hall–Kier alpha value is -2.85. The maximum atomic E-state index is 13.7. The van der Waals surface area contributed by atoms with Crippen LogP contribution in [-0.2, 0) is 33.8 Å². The summed E-state index contributed by atoms with van der Waals surface area (Å²) in [6.45, 7) is -0.380. The third kappa shape index (κ3) is 5.91. The number of alkyl halides is 6. The predicted molar refractivity (Wildman–Crippen MR) is 130 cm³/mol. The third-order valence-electron chi connectivity index (χ3n) is 5.64. The first-order valence-corrected chi connectivity index (χ1v) is 14.6. The Morgan fingerprint density at radius 3 is 2.42 bits per heavy atom. The zero-order valence-electron chi connectivity index (χ0n) is 19.6. The fourth-order valence-corrected chi connectivity index (χ4v) is 6.41. The number of fused-ring (bicyclic) bond motifs is 1. The second-order valence-corrected chi connectivity index (χ2v) is 12.1. The van der Waals surface area contributed by atoms with Crippen molar-refractivity contribution in [3.8, 4) is 10.6 Å². The summed E-state index contributed by atoms with van der Waals surface area (Å²) in [6, 6.07) is 4.37. The Kier molecular flexibility index (Phi) is 7.44. The van der Waals surface area contributed by atoms with E-state index in [0.29, 0.717) is 27.9 Å². The van der Waals surface area contributed by atoms with Gasteiger partial charge in [-0.05, 0) is 42.0 Å². The van der Waals surface area contributed by atoms with E-state index in [1.807, 2.05) is 0 Å². The number of nitrogens with zero attached hydrogens (tertiary/aromatic N) is 3. The minimum atomic E-state index is -4.98. The van der Waals surface area contributed by atoms with Gasteiger partial charge in [-0.25, -0.2) is 18.4 Å². The molecular formula is C22H18F6N4O3S3. The third-order valence-corrected chi connectivity index (χ3v) is 8.60. The Morgan fingerprint density at radius 2 is 1.84 bits per heavy atom. The average Bonchev–Trinajstić information content (AvgIpc) is 3.32. The second kappa shape index (κ2) is 10.0. The summed E-state index contributed by atoms with van der Waals surface area (Å²) in [4.78, 5) is 20.6. The van der Waals surface area contributed by atoms with Crippen molar-refractivity contribution in [3.63, 3.8) is 0 Å². The first-order valence-electron chi connectivity index (χ1n) is 10.6. The van der Waals surface area contributed by atoms with Crippen molar-refractivity contribution in [2.24, 2.45) is 0 Å². The van der Waals surface area contributed by atoms with Gasteiger partial charge in [0.15, 0.2) is 9.84 Å². The second-order valence-electron chi connectivity index (χ2n) is 8.29. The first-order chi connectivity index (χ1) is 17.6. The Balaban J connectivity index is 1.69. The largest absolute Gasteiger partial charge is 0.471 e. The van der Waals surface area contributed by atoms with Crippen molar-refractivity contribution in [1.29, 1.82) is 0 Å². The van der Waals surface area contributed by atoms with Crippen LogP contribution in [0.2, 0.25) is 0 Å². The molecule has 1 aliphatic rings. The molecule has 0 fully saturated rings. The van der Waals surface area contributed by atoms with Crippen LogP contribution in [0.3, 0.4) is 0 Å².